The molecule has 0 unspecified atom stereocenters. The highest BCUT2D eigenvalue weighted by molar-refractivity contribution is 7.97. The summed E-state index contributed by atoms with van der Waals surface area (Å²) in [4.78, 5) is 9.73. The number of ether oxygens (including phenoxy) is 2. The molecular formula is C29H38N6O4S. The predicted octanol–water partition coefficient (Wildman–Crippen LogP) is 6.13. The molecule has 0 fully saturated rings. The Hall–Kier alpha value is -3.80. The van der Waals surface area contributed by atoms with Crippen molar-refractivity contribution in [1.82, 2.24) is 14.5 Å². The van der Waals surface area contributed by atoms with Crippen molar-refractivity contribution >= 4 is 23.6 Å². The van der Waals surface area contributed by atoms with Gasteiger partial charge >= 0.3 is 0 Å². The van der Waals surface area contributed by atoms with E-state index in [1.54, 1.807) is 6.92 Å². The van der Waals surface area contributed by atoms with Crippen LogP contribution in [0, 0.1) is 13.8 Å². The lowest BCUT2D eigenvalue weighted by Crippen LogP contribution is -2.18. The molecule has 10 nitrogen and oxygen atoms in total. The largest absolute Gasteiger partial charge is 0.512 e. The summed E-state index contributed by atoms with van der Waals surface area (Å²) in [5.41, 5.74) is 11.0. The van der Waals surface area contributed by atoms with Gasteiger partial charge in [0.2, 0.25) is 0 Å². The first-order chi connectivity index (χ1) is 19.1. The minimum Gasteiger partial charge on any atom is -0.512 e. The lowest BCUT2D eigenvalue weighted by molar-refractivity contribution is 0.0197. The van der Waals surface area contributed by atoms with Crippen LogP contribution in [0.5, 0.6) is 5.75 Å². The molecule has 3 rings (SSSR count). The van der Waals surface area contributed by atoms with Gasteiger partial charge in [-0.05, 0) is 69.9 Å². The van der Waals surface area contributed by atoms with Gasteiger partial charge in [0.25, 0.3) is 0 Å². The number of aliphatic hydroxyl groups excluding tert-OH is 1. The molecule has 40 heavy (non-hydrogen) atoms. The van der Waals surface area contributed by atoms with E-state index in [1.807, 2.05) is 64.1 Å². The zero-order valence-corrected chi connectivity index (χ0v) is 24.7. The monoisotopic (exact) mass is 566 g/mol. The summed E-state index contributed by atoms with van der Waals surface area (Å²) in [6.45, 7) is 12.8. The summed E-state index contributed by atoms with van der Waals surface area (Å²) >= 11 is 1.01. The van der Waals surface area contributed by atoms with Crippen LogP contribution in [0.25, 0.3) is 11.1 Å². The maximum atomic E-state index is 10.5. The van der Waals surface area contributed by atoms with E-state index in [-0.39, 0.29) is 11.6 Å². The second-order valence-electron chi connectivity index (χ2n) is 8.99. The van der Waals surface area contributed by atoms with Gasteiger partial charge < -0.3 is 25.6 Å². The van der Waals surface area contributed by atoms with Gasteiger partial charge in [0.15, 0.2) is 17.4 Å². The van der Waals surface area contributed by atoms with Crippen LogP contribution in [0.1, 0.15) is 50.3 Å². The molecule has 1 aromatic heterocycles. The highest BCUT2D eigenvalue weighted by Crippen LogP contribution is 2.36. The quantitative estimate of drug-likeness (QED) is 0.0628. The maximum absolute atomic E-state index is 10.5. The fourth-order valence-electron chi connectivity index (χ4n) is 3.91. The summed E-state index contributed by atoms with van der Waals surface area (Å²) in [5, 5.41) is 27.5. The first-order valence-electron chi connectivity index (χ1n) is 13.0. The van der Waals surface area contributed by atoms with Crippen LogP contribution in [0.15, 0.2) is 63.8 Å². The number of hydrogen-bond acceptors (Lipinski definition) is 10. The molecule has 214 valence electrons. The van der Waals surface area contributed by atoms with Crippen molar-refractivity contribution in [2.75, 3.05) is 18.5 Å². The zero-order valence-electron chi connectivity index (χ0n) is 23.9. The number of benzene rings is 2. The molecule has 11 heteroatoms. The number of aryl methyl sites for hydroxylation is 2. The summed E-state index contributed by atoms with van der Waals surface area (Å²) in [7, 11) is 0. The molecule has 0 saturated heterocycles. The number of hydrazone groups is 1. The first-order valence-corrected chi connectivity index (χ1v) is 13.8. The topological polar surface area (TPSA) is 138 Å². The minimum atomic E-state index is 0.0166. The van der Waals surface area contributed by atoms with Gasteiger partial charge in [-0.25, -0.2) is 9.97 Å². The number of hydrogen-bond donors (Lipinski definition) is 4. The van der Waals surface area contributed by atoms with E-state index in [9.17, 15) is 10.3 Å². The van der Waals surface area contributed by atoms with Crippen LogP contribution in [0.2, 0.25) is 0 Å². The van der Waals surface area contributed by atoms with E-state index in [1.165, 1.54) is 6.92 Å². The van der Waals surface area contributed by atoms with E-state index in [0.29, 0.717) is 53.9 Å². The highest BCUT2D eigenvalue weighted by atomic mass is 32.2. The second-order valence-corrected chi connectivity index (χ2v) is 9.93. The van der Waals surface area contributed by atoms with E-state index in [0.717, 1.165) is 44.8 Å². The fourth-order valence-corrected chi connectivity index (χ4v) is 4.63. The fraction of sp³-hybridized carbons (Fsp3) is 0.345. The number of aromatic nitrogens is 2. The number of allylic oxidation sites excluding steroid dienone is 1. The third-order valence-corrected chi connectivity index (χ3v) is 6.80. The van der Waals surface area contributed by atoms with Crippen LogP contribution in [-0.2, 0) is 17.9 Å². The van der Waals surface area contributed by atoms with Crippen molar-refractivity contribution in [1.29, 1.82) is 0 Å². The Bertz CT molecular complexity index is 1370. The molecule has 0 spiro atoms. The van der Waals surface area contributed by atoms with Gasteiger partial charge in [-0.2, -0.15) is 0 Å². The molecule has 5 N–H and O–H groups in total. The predicted molar refractivity (Wildman–Crippen MR) is 159 cm³/mol. The Balaban J connectivity index is 1.91. The van der Waals surface area contributed by atoms with E-state index in [4.69, 9.17) is 15.2 Å². The Labute approximate surface area is 240 Å². The van der Waals surface area contributed by atoms with Gasteiger partial charge in [0.05, 0.1) is 24.7 Å². The Morgan fingerprint density at radius 1 is 1.07 bits per heavy atom. The average molecular weight is 567 g/mol. The van der Waals surface area contributed by atoms with E-state index >= 15 is 0 Å². The molecule has 2 aromatic carbocycles. The van der Waals surface area contributed by atoms with Gasteiger partial charge in [-0.3, -0.25) is 5.21 Å². The second kappa shape index (κ2) is 14.5. The van der Waals surface area contributed by atoms with Crippen LogP contribution < -0.4 is 15.8 Å². The molecule has 3 aromatic rings. The normalized spacial score (nSPS) is 12.2. The van der Waals surface area contributed by atoms with Crippen molar-refractivity contribution < 1.29 is 19.8 Å². The van der Waals surface area contributed by atoms with Crippen molar-refractivity contribution in [3.05, 3.63) is 76.4 Å². The number of anilines is 1. The van der Waals surface area contributed by atoms with Crippen molar-refractivity contribution in [3.63, 3.8) is 0 Å². The Morgan fingerprint density at radius 2 is 1.82 bits per heavy atom. The van der Waals surface area contributed by atoms with Gasteiger partial charge in [0, 0.05) is 35.6 Å². The summed E-state index contributed by atoms with van der Waals surface area (Å²) < 4.78 is 12.3. The number of nitrogens with zero attached hydrogens (tertiary/aromatic N) is 4. The number of nitrogens with two attached hydrogens (primary N) is 1. The van der Waals surface area contributed by atoms with Crippen LogP contribution in [-0.4, -0.2) is 43.9 Å². The molecule has 0 saturated carbocycles. The molecule has 0 atom stereocenters. The third-order valence-electron chi connectivity index (χ3n) is 6.00. The van der Waals surface area contributed by atoms with Crippen LogP contribution >= 0.6 is 11.9 Å². The standard InChI is InChI=1S/C29H38N6O4S/c1-7-38-17-23-15-22(16-31-29-27(39-8-2)19(4)32-21(6)33-29)13-14-24(23)25-11-9-10-12-26(25)40-35(37)34-28(30)18(3)20(5)36/h9-15,36-37H,7-8,16-17H2,1-6H3,(H2,30,34)(H,31,32,33)/b20-18-. The molecule has 0 bridgehead atoms. The molecule has 0 amide bonds. The third kappa shape index (κ3) is 8.10. The highest BCUT2D eigenvalue weighted by Gasteiger charge is 2.15. The van der Waals surface area contributed by atoms with Gasteiger partial charge in [-0.15, -0.1) is 9.68 Å². The number of nitrogens with one attached hydrogen (secondary N) is 1. The molecule has 1 heterocycles. The molecule has 0 radical (unpaired) electrons. The molecular weight excluding hydrogens is 528 g/mol. The van der Waals surface area contributed by atoms with Crippen molar-refractivity contribution in [3.8, 4) is 16.9 Å². The molecule has 0 aliphatic heterocycles. The Kier molecular flexibility index (Phi) is 11.2. The van der Waals surface area contributed by atoms with Gasteiger partial charge in [0.1, 0.15) is 5.82 Å². The first kappa shape index (κ1) is 30.7. The van der Waals surface area contributed by atoms with E-state index in [2.05, 4.69) is 26.5 Å². The lowest BCUT2D eigenvalue weighted by Gasteiger charge is -2.18. The summed E-state index contributed by atoms with van der Waals surface area (Å²) in [6, 6.07) is 13.9. The van der Waals surface area contributed by atoms with Crippen molar-refractivity contribution in [2.45, 2.75) is 59.6 Å². The minimum absolute atomic E-state index is 0.0166. The number of rotatable bonds is 13. The van der Waals surface area contributed by atoms with Crippen LogP contribution in [0.4, 0.5) is 5.82 Å². The van der Waals surface area contributed by atoms with E-state index < -0.39 is 0 Å². The summed E-state index contributed by atoms with van der Waals surface area (Å²) in [6.07, 6.45) is 0. The maximum Gasteiger partial charge on any atom is 0.182 e. The number of aliphatic hydroxyl groups is 1. The van der Waals surface area contributed by atoms with Crippen LogP contribution in [0.3, 0.4) is 0 Å². The average Bonchev–Trinajstić information content (AvgIpc) is 2.92. The molecule has 0 aliphatic rings. The molecule has 0 aliphatic carbocycles. The summed E-state index contributed by atoms with van der Waals surface area (Å²) in [5.74, 6) is 2.04. The SMILES string of the molecule is CCOCc1cc(CNc2nc(C)nc(C)c2OCC)ccc1-c1ccccc1SN(O)/N=C(N)/C(C)=C(/C)O. The van der Waals surface area contributed by atoms with Gasteiger partial charge in [-0.1, -0.05) is 36.4 Å². The lowest BCUT2D eigenvalue weighted by atomic mass is 9.97. The smallest absolute Gasteiger partial charge is 0.182 e. The Morgan fingerprint density at radius 3 is 2.52 bits per heavy atom. The number of amidine groups is 1. The zero-order chi connectivity index (χ0) is 29.2. The van der Waals surface area contributed by atoms with Crippen molar-refractivity contribution in [2.24, 2.45) is 10.8 Å².